The second kappa shape index (κ2) is 7.09. The number of carbonyl (C=O) groups is 3. The lowest BCUT2D eigenvalue weighted by Gasteiger charge is -2.24. The minimum absolute atomic E-state index is 0.0881. The molecule has 0 bridgehead atoms. The third-order valence-corrected chi connectivity index (χ3v) is 3.09. The van der Waals surface area contributed by atoms with Crippen LogP contribution in [-0.4, -0.2) is 52.9 Å². The van der Waals surface area contributed by atoms with Crippen molar-refractivity contribution in [3.8, 4) is 0 Å². The van der Waals surface area contributed by atoms with E-state index in [1.807, 2.05) is 0 Å². The molecule has 0 aromatic carbocycles. The van der Waals surface area contributed by atoms with Gasteiger partial charge in [0, 0.05) is 18.5 Å². The molecule has 1 aliphatic heterocycles. The third kappa shape index (κ3) is 4.69. The number of nitrogens with one attached hydrogen (secondary N) is 3. The highest BCUT2D eigenvalue weighted by Crippen LogP contribution is 2.18. The maximum atomic E-state index is 11.7. The Morgan fingerprint density at radius 1 is 1.40 bits per heavy atom. The van der Waals surface area contributed by atoms with Crippen molar-refractivity contribution in [3.05, 3.63) is 0 Å². The zero-order valence-electron chi connectivity index (χ0n) is 11.5. The summed E-state index contributed by atoms with van der Waals surface area (Å²) in [7, 11) is 0. The molecule has 0 aliphatic carbocycles. The van der Waals surface area contributed by atoms with Gasteiger partial charge in [0.25, 0.3) is 5.91 Å². The summed E-state index contributed by atoms with van der Waals surface area (Å²) < 4.78 is 0. The standard InChI is InChI=1S/C12H21N3O5/c1-6(2)14-11(18)9(16)8(15-12(19)20)5-7-3-4-13-10(7)17/h6-9,15-16H,3-5H2,1-2H3,(H,13,17)(H,14,18)(H,19,20)/t7-,8?,9?/m0/s1. The zero-order chi connectivity index (χ0) is 15.3. The van der Waals surface area contributed by atoms with Crippen LogP contribution in [-0.2, 0) is 9.59 Å². The normalized spacial score (nSPS) is 21.2. The molecular weight excluding hydrogens is 266 g/mol. The molecule has 1 saturated heterocycles. The summed E-state index contributed by atoms with van der Waals surface area (Å²) in [5.41, 5.74) is 0. The molecule has 0 aromatic rings. The van der Waals surface area contributed by atoms with E-state index in [-0.39, 0.29) is 18.4 Å². The van der Waals surface area contributed by atoms with Gasteiger partial charge in [0.1, 0.15) is 0 Å². The second-order valence-corrected chi connectivity index (χ2v) is 5.18. The Bertz CT molecular complexity index is 385. The quantitative estimate of drug-likeness (QED) is 0.429. The van der Waals surface area contributed by atoms with Gasteiger partial charge in [-0.2, -0.15) is 0 Å². The van der Waals surface area contributed by atoms with E-state index in [1.165, 1.54) is 0 Å². The van der Waals surface area contributed by atoms with Crippen LogP contribution in [0, 0.1) is 5.92 Å². The van der Waals surface area contributed by atoms with Crippen molar-refractivity contribution in [2.75, 3.05) is 6.54 Å². The Labute approximate surface area is 116 Å². The molecule has 3 atom stereocenters. The molecule has 8 nitrogen and oxygen atoms in total. The molecule has 1 heterocycles. The minimum atomic E-state index is -1.53. The SMILES string of the molecule is CC(C)NC(=O)C(O)C(C[C@@H]1CCNC1=O)NC(=O)O. The number of carbonyl (C=O) groups excluding carboxylic acids is 2. The van der Waals surface area contributed by atoms with Crippen LogP contribution in [0.3, 0.4) is 0 Å². The first-order valence-corrected chi connectivity index (χ1v) is 6.57. The summed E-state index contributed by atoms with van der Waals surface area (Å²) in [5.74, 6) is -1.23. The van der Waals surface area contributed by atoms with Gasteiger partial charge in [-0.15, -0.1) is 0 Å². The van der Waals surface area contributed by atoms with Crippen molar-refractivity contribution in [1.82, 2.24) is 16.0 Å². The zero-order valence-corrected chi connectivity index (χ0v) is 11.5. The van der Waals surface area contributed by atoms with Crippen LogP contribution in [0.1, 0.15) is 26.7 Å². The molecule has 0 spiro atoms. The monoisotopic (exact) mass is 287 g/mol. The predicted molar refractivity (Wildman–Crippen MR) is 70.0 cm³/mol. The Hall–Kier alpha value is -1.83. The van der Waals surface area contributed by atoms with Crippen molar-refractivity contribution in [2.24, 2.45) is 5.92 Å². The van der Waals surface area contributed by atoms with E-state index in [2.05, 4.69) is 16.0 Å². The topological polar surface area (TPSA) is 128 Å². The van der Waals surface area contributed by atoms with Crippen LogP contribution in [0.2, 0.25) is 0 Å². The van der Waals surface area contributed by atoms with Gasteiger partial charge in [-0.25, -0.2) is 4.79 Å². The summed E-state index contributed by atoms with van der Waals surface area (Å²) in [5, 5.41) is 26.0. The van der Waals surface area contributed by atoms with Gasteiger partial charge in [0.2, 0.25) is 5.91 Å². The molecule has 0 aromatic heterocycles. The van der Waals surface area contributed by atoms with Gasteiger partial charge in [-0.05, 0) is 26.7 Å². The molecular formula is C12H21N3O5. The van der Waals surface area contributed by atoms with Crippen LogP contribution in [0.25, 0.3) is 0 Å². The molecule has 0 radical (unpaired) electrons. The minimum Gasteiger partial charge on any atom is -0.465 e. The highest BCUT2D eigenvalue weighted by atomic mass is 16.4. The molecule has 2 unspecified atom stereocenters. The van der Waals surface area contributed by atoms with E-state index in [9.17, 15) is 19.5 Å². The van der Waals surface area contributed by atoms with Crippen LogP contribution >= 0.6 is 0 Å². The average Bonchev–Trinajstić information content (AvgIpc) is 2.71. The van der Waals surface area contributed by atoms with Crippen LogP contribution in [0.15, 0.2) is 0 Å². The van der Waals surface area contributed by atoms with Gasteiger partial charge in [0.05, 0.1) is 6.04 Å². The van der Waals surface area contributed by atoms with E-state index in [0.717, 1.165) is 0 Å². The van der Waals surface area contributed by atoms with Gasteiger partial charge in [-0.1, -0.05) is 0 Å². The fraction of sp³-hybridized carbons (Fsp3) is 0.750. The van der Waals surface area contributed by atoms with Crippen molar-refractivity contribution in [1.29, 1.82) is 0 Å². The average molecular weight is 287 g/mol. The molecule has 5 N–H and O–H groups in total. The summed E-state index contributed by atoms with van der Waals surface area (Å²) in [6.07, 6.45) is -2.22. The number of rotatable bonds is 6. The second-order valence-electron chi connectivity index (χ2n) is 5.18. The van der Waals surface area contributed by atoms with E-state index in [1.54, 1.807) is 13.8 Å². The molecule has 8 heteroatoms. The molecule has 1 aliphatic rings. The van der Waals surface area contributed by atoms with E-state index >= 15 is 0 Å². The highest BCUT2D eigenvalue weighted by Gasteiger charge is 2.34. The maximum absolute atomic E-state index is 11.7. The molecule has 1 rings (SSSR count). The van der Waals surface area contributed by atoms with Crippen LogP contribution in [0.4, 0.5) is 4.79 Å². The smallest absolute Gasteiger partial charge is 0.404 e. The number of hydrogen-bond donors (Lipinski definition) is 5. The lowest BCUT2D eigenvalue weighted by molar-refractivity contribution is -0.132. The predicted octanol–water partition coefficient (Wildman–Crippen LogP) is -0.966. The highest BCUT2D eigenvalue weighted by molar-refractivity contribution is 5.83. The van der Waals surface area contributed by atoms with Crippen molar-refractivity contribution < 1.29 is 24.6 Å². The van der Waals surface area contributed by atoms with Crippen molar-refractivity contribution in [2.45, 2.75) is 44.9 Å². The van der Waals surface area contributed by atoms with Gasteiger partial charge < -0.3 is 26.2 Å². The first kappa shape index (κ1) is 16.2. The molecule has 3 amide bonds. The summed E-state index contributed by atoms with van der Waals surface area (Å²) >= 11 is 0. The largest absolute Gasteiger partial charge is 0.465 e. The number of aliphatic hydroxyl groups excluding tert-OH is 1. The Morgan fingerprint density at radius 3 is 2.50 bits per heavy atom. The Balaban J connectivity index is 2.69. The van der Waals surface area contributed by atoms with Crippen molar-refractivity contribution >= 4 is 17.9 Å². The summed E-state index contributed by atoms with van der Waals surface area (Å²) in [4.78, 5) is 34.0. The number of carboxylic acid groups (broad SMARTS) is 1. The first-order chi connectivity index (χ1) is 9.31. The lowest BCUT2D eigenvalue weighted by atomic mass is 9.94. The Kier molecular flexibility index (Phi) is 5.75. The van der Waals surface area contributed by atoms with Crippen molar-refractivity contribution in [3.63, 3.8) is 0 Å². The maximum Gasteiger partial charge on any atom is 0.404 e. The Morgan fingerprint density at radius 2 is 2.05 bits per heavy atom. The van der Waals surface area contributed by atoms with E-state index in [0.29, 0.717) is 13.0 Å². The van der Waals surface area contributed by atoms with Crippen LogP contribution in [0.5, 0.6) is 0 Å². The molecule has 114 valence electrons. The molecule has 0 saturated carbocycles. The van der Waals surface area contributed by atoms with Gasteiger partial charge in [0.15, 0.2) is 6.10 Å². The fourth-order valence-electron chi connectivity index (χ4n) is 2.15. The number of aliphatic hydroxyl groups is 1. The van der Waals surface area contributed by atoms with E-state index < -0.39 is 30.1 Å². The first-order valence-electron chi connectivity index (χ1n) is 6.57. The molecule has 20 heavy (non-hydrogen) atoms. The fourth-order valence-corrected chi connectivity index (χ4v) is 2.15. The summed E-state index contributed by atoms with van der Waals surface area (Å²) in [6.45, 7) is 3.99. The van der Waals surface area contributed by atoms with Crippen LogP contribution < -0.4 is 16.0 Å². The van der Waals surface area contributed by atoms with Gasteiger partial charge in [-0.3, -0.25) is 9.59 Å². The summed E-state index contributed by atoms with van der Waals surface area (Å²) in [6, 6.07) is -1.18. The van der Waals surface area contributed by atoms with Gasteiger partial charge >= 0.3 is 6.09 Å². The lowest BCUT2D eigenvalue weighted by Crippen LogP contribution is -2.52. The third-order valence-electron chi connectivity index (χ3n) is 3.09. The number of hydrogen-bond acceptors (Lipinski definition) is 4. The van der Waals surface area contributed by atoms with E-state index in [4.69, 9.17) is 5.11 Å². The molecule has 1 fully saturated rings. The number of amides is 3.